The number of hydrogen-bond donors (Lipinski definition) is 11. The predicted octanol–water partition coefficient (Wildman–Crippen LogP) is -6.60. The summed E-state index contributed by atoms with van der Waals surface area (Å²) >= 11 is 0. The van der Waals surface area contributed by atoms with Gasteiger partial charge in [-0.3, -0.25) is 52.7 Å². The highest BCUT2D eigenvalue weighted by molar-refractivity contribution is 5.95. The van der Waals surface area contributed by atoms with Crippen molar-refractivity contribution in [2.45, 2.75) is 77.0 Å². The Bertz CT molecular complexity index is 1500. The molecule has 0 aliphatic carbocycles. The lowest BCUT2D eigenvalue weighted by molar-refractivity contribution is -0.141. The molecule has 23 nitrogen and oxygen atoms in total. The molecule has 2 aliphatic rings. The van der Waals surface area contributed by atoms with Crippen LogP contribution in [0.1, 0.15) is 52.9 Å². The van der Waals surface area contributed by atoms with Crippen molar-refractivity contribution in [3.63, 3.8) is 0 Å². The lowest BCUT2D eigenvalue weighted by Gasteiger charge is -2.24. The summed E-state index contributed by atoms with van der Waals surface area (Å²) in [7, 11) is 0. The molecule has 2 aliphatic heterocycles. The van der Waals surface area contributed by atoms with Gasteiger partial charge in [-0.15, -0.1) is 0 Å². The van der Waals surface area contributed by atoms with Crippen LogP contribution in [-0.4, -0.2) is 152 Å². The Morgan fingerprint density at radius 2 is 1.31 bits per heavy atom. The monoisotopic (exact) mass is 781 g/mol. The van der Waals surface area contributed by atoms with Gasteiger partial charge in [0.15, 0.2) is 0 Å². The zero-order chi connectivity index (χ0) is 41.3. The molecule has 0 aromatic heterocycles. The minimum atomic E-state index is -1.28. The second kappa shape index (κ2) is 21.7. The normalized spacial score (nSPS) is 18.1. The number of nitrogens with zero attached hydrogens (tertiary/aromatic N) is 1. The maximum absolute atomic E-state index is 12.7. The van der Waals surface area contributed by atoms with Crippen LogP contribution in [0.25, 0.3) is 0 Å². The van der Waals surface area contributed by atoms with E-state index >= 15 is 0 Å². The Hall–Kier alpha value is -5.87. The van der Waals surface area contributed by atoms with E-state index in [9.17, 15) is 52.7 Å². The van der Waals surface area contributed by atoms with Gasteiger partial charge >= 0.3 is 5.97 Å². The second-order valence-corrected chi connectivity index (χ2v) is 13.8. The Morgan fingerprint density at radius 1 is 0.745 bits per heavy atom. The molecule has 12 N–H and O–H groups in total. The first kappa shape index (κ1) is 45.3. The van der Waals surface area contributed by atoms with E-state index in [1.165, 1.54) is 11.8 Å². The quantitative estimate of drug-likeness (QED) is 0.0517. The number of aliphatic carboxylic acids is 1. The molecule has 55 heavy (non-hydrogen) atoms. The molecule has 4 atom stereocenters. The lowest BCUT2D eigenvalue weighted by Crippen LogP contribution is -2.53. The number of nitrogens with one attached hydrogen (secondary N) is 9. The van der Waals surface area contributed by atoms with E-state index in [1.807, 2.05) is 13.8 Å². The van der Waals surface area contributed by atoms with Crippen LogP contribution in [0.5, 0.6) is 0 Å². The van der Waals surface area contributed by atoms with E-state index in [1.54, 1.807) is 0 Å². The van der Waals surface area contributed by atoms with Gasteiger partial charge in [0.05, 0.1) is 38.8 Å². The van der Waals surface area contributed by atoms with Crippen molar-refractivity contribution in [1.82, 2.24) is 52.8 Å². The van der Waals surface area contributed by atoms with Gasteiger partial charge in [0.2, 0.25) is 59.1 Å². The number of carbonyl (C=O) groups excluding carboxylic acids is 10. The maximum Gasteiger partial charge on any atom is 0.322 e. The number of likely N-dealkylation sites (tertiary alicyclic amines) is 1. The first-order valence-corrected chi connectivity index (χ1v) is 17.5. The molecule has 0 bridgehead atoms. The minimum Gasteiger partial charge on any atom is -0.480 e. The zero-order valence-corrected chi connectivity index (χ0v) is 31.0. The van der Waals surface area contributed by atoms with E-state index in [0.717, 1.165) is 0 Å². The number of carboxylic acid groups (broad SMARTS) is 1. The van der Waals surface area contributed by atoms with Gasteiger partial charge in [-0.25, -0.2) is 0 Å². The average Bonchev–Trinajstić information content (AvgIpc) is 3.77. The molecule has 2 saturated heterocycles. The molecule has 0 aromatic carbocycles. The Kier molecular flexibility index (Phi) is 17.9. The Balaban J connectivity index is 1.69. The van der Waals surface area contributed by atoms with E-state index in [0.29, 0.717) is 25.8 Å². The van der Waals surface area contributed by atoms with Crippen LogP contribution in [0, 0.1) is 5.41 Å². The molecule has 0 spiro atoms. The number of rotatable bonds is 21. The number of carbonyl (C=O) groups is 11. The molecular weight excluding hydrogens is 730 g/mol. The molecule has 23 heteroatoms. The summed E-state index contributed by atoms with van der Waals surface area (Å²) in [5.74, 6) is -8.26. The van der Waals surface area contributed by atoms with Gasteiger partial charge in [-0.1, -0.05) is 13.8 Å². The van der Waals surface area contributed by atoms with Crippen LogP contribution in [-0.2, 0) is 52.7 Å². The summed E-state index contributed by atoms with van der Waals surface area (Å²) in [4.78, 5) is 135. The molecule has 4 unspecified atom stereocenters. The molecule has 0 radical (unpaired) electrons. The highest BCUT2D eigenvalue weighted by atomic mass is 16.4. The fourth-order valence-corrected chi connectivity index (χ4v) is 5.54. The fourth-order valence-electron chi connectivity index (χ4n) is 5.54. The van der Waals surface area contributed by atoms with Crippen molar-refractivity contribution >= 4 is 65.0 Å². The predicted molar refractivity (Wildman–Crippen MR) is 189 cm³/mol. The summed E-state index contributed by atoms with van der Waals surface area (Å²) in [6, 6.07) is -3.76. The molecular formula is C32H51N11O12. The van der Waals surface area contributed by atoms with Crippen LogP contribution >= 0.6 is 0 Å². The molecule has 10 amide bonds. The second-order valence-electron chi connectivity index (χ2n) is 13.8. The van der Waals surface area contributed by atoms with Crippen molar-refractivity contribution in [3.8, 4) is 0 Å². The van der Waals surface area contributed by atoms with Crippen LogP contribution in [0.4, 0.5) is 0 Å². The molecule has 2 fully saturated rings. The van der Waals surface area contributed by atoms with E-state index in [2.05, 4.69) is 47.9 Å². The maximum atomic E-state index is 12.7. The summed E-state index contributed by atoms with van der Waals surface area (Å²) in [6.45, 7) is 2.84. The number of carboxylic acids is 1. The van der Waals surface area contributed by atoms with E-state index < -0.39 is 123 Å². The first-order valence-electron chi connectivity index (χ1n) is 17.5. The molecule has 2 rings (SSSR count). The van der Waals surface area contributed by atoms with Crippen LogP contribution in [0.3, 0.4) is 0 Å². The number of primary amides is 1. The number of hydrogen-bond acceptors (Lipinski definition) is 12. The SMILES string of the molecule is CC(NC(=O)CNC(=O)CNC(=O)CNC(=O)C(CCC(N)=O)NC(=O)CNC(=O)C1CC(C)(C)CN1)C(=O)NCC(=O)N1CCCC1C(=O)NCC(=O)O. The van der Waals surface area contributed by atoms with Crippen LogP contribution < -0.4 is 53.6 Å². The topological polar surface area (TPSA) is 346 Å². The highest BCUT2D eigenvalue weighted by Gasteiger charge is 2.36. The molecule has 0 saturated carbocycles. The van der Waals surface area contributed by atoms with Crippen LogP contribution in [0.15, 0.2) is 0 Å². The van der Waals surface area contributed by atoms with E-state index in [4.69, 9.17) is 10.8 Å². The average molecular weight is 782 g/mol. The van der Waals surface area contributed by atoms with Crippen molar-refractivity contribution in [2.24, 2.45) is 11.1 Å². The van der Waals surface area contributed by atoms with Gasteiger partial charge < -0.3 is 63.6 Å². The summed E-state index contributed by atoms with van der Waals surface area (Å²) in [6.07, 6.45) is 0.939. The third kappa shape index (κ3) is 16.8. The van der Waals surface area contributed by atoms with E-state index in [-0.39, 0.29) is 30.7 Å². The Labute approximate surface area is 316 Å². The van der Waals surface area contributed by atoms with Crippen molar-refractivity contribution < 1.29 is 57.8 Å². The molecule has 2 heterocycles. The zero-order valence-electron chi connectivity index (χ0n) is 31.0. The highest BCUT2D eigenvalue weighted by Crippen LogP contribution is 2.27. The van der Waals surface area contributed by atoms with Crippen molar-refractivity contribution in [1.29, 1.82) is 0 Å². The summed E-state index contributed by atoms with van der Waals surface area (Å²) in [5, 5.41) is 30.3. The van der Waals surface area contributed by atoms with Crippen molar-refractivity contribution in [2.75, 3.05) is 52.4 Å². The van der Waals surface area contributed by atoms with Crippen molar-refractivity contribution in [3.05, 3.63) is 0 Å². The standard InChI is InChI=1S/C32H51N11O12/c1-17(28(52)38-14-26(49)43-8-4-5-20(43)31(55)39-15-27(50)51)41-24(47)12-35-22(45)10-34-23(46)11-36-29(53)18(6-7-21(33)44)42-25(48)13-37-30(54)19-9-32(2,3)16-40-19/h17-20,40H,4-16H2,1-3H3,(H2,33,44)(H,34,46)(H,35,45)(H,36,53)(H,37,54)(H,38,52)(H,39,55)(H,41,47)(H,42,48)(H,50,51). The van der Waals surface area contributed by atoms with Gasteiger partial charge in [0, 0.05) is 19.5 Å². The van der Waals surface area contributed by atoms with Crippen LogP contribution in [0.2, 0.25) is 0 Å². The van der Waals surface area contributed by atoms with Gasteiger partial charge in [-0.2, -0.15) is 0 Å². The first-order chi connectivity index (χ1) is 25.8. The van der Waals surface area contributed by atoms with Gasteiger partial charge in [0.25, 0.3) is 0 Å². The number of nitrogens with two attached hydrogens (primary N) is 1. The lowest BCUT2D eigenvalue weighted by atomic mass is 9.90. The largest absolute Gasteiger partial charge is 0.480 e. The van der Waals surface area contributed by atoms with Gasteiger partial charge in [0.1, 0.15) is 24.7 Å². The summed E-state index contributed by atoms with van der Waals surface area (Å²) in [5.41, 5.74) is 5.09. The third-order valence-electron chi connectivity index (χ3n) is 8.44. The number of amides is 10. The minimum absolute atomic E-state index is 0.0836. The summed E-state index contributed by atoms with van der Waals surface area (Å²) < 4.78 is 0. The molecule has 0 aromatic rings. The third-order valence-corrected chi connectivity index (χ3v) is 8.44. The van der Waals surface area contributed by atoms with Gasteiger partial charge in [-0.05, 0) is 38.0 Å². The smallest absolute Gasteiger partial charge is 0.322 e. The Morgan fingerprint density at radius 3 is 1.91 bits per heavy atom. The molecule has 306 valence electrons. The fraction of sp³-hybridized carbons (Fsp3) is 0.656.